The highest BCUT2D eigenvalue weighted by atomic mass is 35.5. The second-order valence-electron chi connectivity index (χ2n) is 10.5. The van der Waals surface area contributed by atoms with Gasteiger partial charge in [-0.15, -0.1) is 0 Å². The average Bonchev–Trinajstić information content (AvgIpc) is 3.36. The SMILES string of the molecule is CCOC(=O)C1CCCN(Sc2cccc(C(=O)N3CCC4(CC3)CN/C(=N\C(=O)c3nc(Cl)c(N)nc3N)N4)c2)C1. The van der Waals surface area contributed by atoms with Gasteiger partial charge in [-0.3, -0.25) is 14.4 Å². The van der Waals surface area contributed by atoms with E-state index in [-0.39, 0.29) is 45.8 Å². The summed E-state index contributed by atoms with van der Waals surface area (Å²) in [5.41, 5.74) is 11.5. The van der Waals surface area contributed by atoms with Gasteiger partial charge in [-0.25, -0.2) is 14.3 Å². The molecule has 1 atom stereocenters. The van der Waals surface area contributed by atoms with Gasteiger partial charge < -0.3 is 31.7 Å². The molecule has 0 aliphatic carbocycles. The molecule has 6 N–H and O–H groups in total. The van der Waals surface area contributed by atoms with Crippen LogP contribution in [0.1, 0.15) is 53.5 Å². The number of aromatic nitrogens is 2. The molecule has 0 saturated carbocycles. The monoisotopic (exact) mass is 615 g/mol. The number of piperidine rings is 2. The van der Waals surface area contributed by atoms with Crippen LogP contribution in [0.5, 0.6) is 0 Å². The topological polar surface area (TPSA) is 181 Å². The Balaban J connectivity index is 1.16. The number of nitrogen functional groups attached to an aromatic ring is 2. The molecule has 5 rings (SSSR count). The Hall–Kier alpha value is -3.62. The Morgan fingerprint density at radius 1 is 1.19 bits per heavy atom. The summed E-state index contributed by atoms with van der Waals surface area (Å²) in [6, 6.07) is 7.61. The van der Waals surface area contributed by atoms with Gasteiger partial charge in [-0.05, 0) is 62.8 Å². The number of esters is 1. The van der Waals surface area contributed by atoms with E-state index in [4.69, 9.17) is 27.8 Å². The number of hydrogen-bond acceptors (Lipinski definition) is 10. The van der Waals surface area contributed by atoms with Crippen molar-refractivity contribution in [3.8, 4) is 0 Å². The molecular weight excluding hydrogens is 582 g/mol. The van der Waals surface area contributed by atoms with E-state index in [0.29, 0.717) is 57.2 Å². The minimum Gasteiger partial charge on any atom is -0.466 e. The summed E-state index contributed by atoms with van der Waals surface area (Å²) in [6.07, 6.45) is 3.10. The number of nitrogens with two attached hydrogens (primary N) is 2. The number of anilines is 2. The first-order valence-corrected chi connectivity index (χ1v) is 15.0. The van der Waals surface area contributed by atoms with Crippen LogP contribution >= 0.6 is 23.5 Å². The fourth-order valence-electron chi connectivity index (χ4n) is 5.35. The molecule has 42 heavy (non-hydrogen) atoms. The Labute approximate surface area is 252 Å². The van der Waals surface area contributed by atoms with Gasteiger partial charge in [0.25, 0.3) is 5.91 Å². The molecule has 13 nitrogen and oxygen atoms in total. The van der Waals surface area contributed by atoms with Crippen molar-refractivity contribution in [3.05, 3.63) is 40.7 Å². The van der Waals surface area contributed by atoms with Crippen molar-refractivity contribution in [2.24, 2.45) is 10.9 Å². The third kappa shape index (κ3) is 6.71. The number of aliphatic imine (C=N–C) groups is 1. The van der Waals surface area contributed by atoms with Crippen molar-refractivity contribution in [3.63, 3.8) is 0 Å². The van der Waals surface area contributed by atoms with Crippen molar-refractivity contribution in [2.45, 2.75) is 43.0 Å². The summed E-state index contributed by atoms with van der Waals surface area (Å²) in [5.74, 6) is -0.890. The van der Waals surface area contributed by atoms with Gasteiger partial charge in [0.15, 0.2) is 28.4 Å². The number of amides is 2. The number of nitrogens with zero attached hydrogens (tertiary/aromatic N) is 5. The van der Waals surface area contributed by atoms with Crippen molar-refractivity contribution in [2.75, 3.05) is 50.8 Å². The first kappa shape index (κ1) is 29.9. The van der Waals surface area contributed by atoms with Crippen molar-refractivity contribution in [1.82, 2.24) is 29.8 Å². The highest BCUT2D eigenvalue weighted by molar-refractivity contribution is 7.97. The summed E-state index contributed by atoms with van der Waals surface area (Å²) in [6.45, 7) is 5.36. The van der Waals surface area contributed by atoms with Crippen LogP contribution in [-0.2, 0) is 9.53 Å². The summed E-state index contributed by atoms with van der Waals surface area (Å²) in [5, 5.41) is 6.33. The van der Waals surface area contributed by atoms with Crippen molar-refractivity contribution >= 4 is 58.9 Å². The average molecular weight is 616 g/mol. The number of halogens is 1. The number of guanidine groups is 1. The van der Waals surface area contributed by atoms with E-state index < -0.39 is 5.91 Å². The highest BCUT2D eigenvalue weighted by Crippen LogP contribution is 2.31. The predicted molar refractivity (Wildman–Crippen MR) is 160 cm³/mol. The van der Waals surface area contributed by atoms with E-state index in [0.717, 1.165) is 24.3 Å². The van der Waals surface area contributed by atoms with E-state index in [1.54, 1.807) is 11.9 Å². The van der Waals surface area contributed by atoms with E-state index in [1.165, 1.54) is 0 Å². The second-order valence-corrected chi connectivity index (χ2v) is 12.1. The smallest absolute Gasteiger partial charge is 0.310 e. The molecule has 15 heteroatoms. The van der Waals surface area contributed by atoms with Gasteiger partial charge in [-0.1, -0.05) is 17.7 Å². The third-order valence-corrected chi connectivity index (χ3v) is 8.96. The summed E-state index contributed by atoms with van der Waals surface area (Å²) in [4.78, 5) is 52.9. The molecule has 1 aromatic carbocycles. The lowest BCUT2D eigenvalue weighted by Crippen LogP contribution is -2.53. The van der Waals surface area contributed by atoms with Crippen LogP contribution in [0.4, 0.5) is 11.6 Å². The van der Waals surface area contributed by atoms with E-state index >= 15 is 0 Å². The Kier molecular flexibility index (Phi) is 9.04. The normalized spacial score (nSPS) is 21.1. The molecule has 3 aliphatic heterocycles. The van der Waals surface area contributed by atoms with Gasteiger partial charge in [0.2, 0.25) is 0 Å². The number of rotatable bonds is 6. The Bertz CT molecular complexity index is 1400. The third-order valence-electron chi connectivity index (χ3n) is 7.63. The minimum atomic E-state index is -0.694. The largest absolute Gasteiger partial charge is 0.466 e. The van der Waals surface area contributed by atoms with Gasteiger partial charge in [0.05, 0.1) is 18.1 Å². The Morgan fingerprint density at radius 2 is 1.98 bits per heavy atom. The number of nitrogens with one attached hydrogen (secondary N) is 2. The van der Waals surface area contributed by atoms with Gasteiger partial charge in [-0.2, -0.15) is 4.99 Å². The maximum absolute atomic E-state index is 13.4. The zero-order chi connectivity index (χ0) is 29.9. The number of carbonyl (C=O) groups is 3. The number of hydrogen-bond donors (Lipinski definition) is 4. The fourth-order valence-corrected chi connectivity index (χ4v) is 6.57. The second kappa shape index (κ2) is 12.7. The lowest BCUT2D eigenvalue weighted by atomic mass is 9.88. The van der Waals surface area contributed by atoms with E-state index in [9.17, 15) is 14.4 Å². The molecule has 224 valence electrons. The molecule has 3 fully saturated rings. The van der Waals surface area contributed by atoms with Crippen LogP contribution < -0.4 is 22.1 Å². The van der Waals surface area contributed by atoms with Crippen LogP contribution in [0.3, 0.4) is 0 Å². The zero-order valence-corrected chi connectivity index (χ0v) is 24.8. The Morgan fingerprint density at radius 3 is 2.74 bits per heavy atom. The molecule has 4 heterocycles. The molecular formula is C27H34ClN9O4S. The lowest BCUT2D eigenvalue weighted by molar-refractivity contribution is -0.149. The molecule has 3 saturated heterocycles. The maximum Gasteiger partial charge on any atom is 0.310 e. The standard InChI is InChI=1S/C27H34ClN9O4S/c1-2-41-25(40)17-6-4-10-37(14-17)42-18-7-3-5-16(13-18)24(39)36-11-8-27(9-12-36)15-31-26(35-27)34-23(38)19-21(29)33-22(30)20(28)32-19/h3,5,7,13,17H,2,4,6,8-12,14-15H2,1H3,(H4,29,30,33)(H2,31,34,35,38). The summed E-state index contributed by atoms with van der Waals surface area (Å²) in [7, 11) is 0. The van der Waals surface area contributed by atoms with Crippen LogP contribution in [0.15, 0.2) is 34.2 Å². The molecule has 0 bridgehead atoms. The maximum atomic E-state index is 13.4. The number of carbonyl (C=O) groups excluding carboxylic acids is 3. The predicted octanol–water partition coefficient (Wildman–Crippen LogP) is 1.94. The fraction of sp³-hybridized carbons (Fsp3) is 0.481. The minimum absolute atomic E-state index is 0.0281. The van der Waals surface area contributed by atoms with Gasteiger partial charge >= 0.3 is 11.9 Å². The molecule has 0 radical (unpaired) electrons. The molecule has 3 aliphatic rings. The first-order chi connectivity index (χ1) is 20.2. The molecule has 2 aromatic rings. The number of benzene rings is 1. The number of likely N-dealkylation sites (tertiary alicyclic amines) is 1. The van der Waals surface area contributed by atoms with Crippen molar-refractivity contribution in [1.29, 1.82) is 0 Å². The first-order valence-electron chi connectivity index (χ1n) is 13.9. The van der Waals surface area contributed by atoms with E-state index in [2.05, 4.69) is 29.9 Å². The van der Waals surface area contributed by atoms with Gasteiger partial charge in [0, 0.05) is 43.2 Å². The quantitative estimate of drug-likeness (QED) is 0.274. The molecule has 1 aromatic heterocycles. The zero-order valence-electron chi connectivity index (χ0n) is 23.3. The molecule has 1 unspecified atom stereocenters. The molecule has 2 amide bonds. The van der Waals surface area contributed by atoms with Gasteiger partial charge in [0.1, 0.15) is 0 Å². The molecule has 1 spiro atoms. The van der Waals surface area contributed by atoms with Crippen molar-refractivity contribution < 1.29 is 19.1 Å². The number of ether oxygens (including phenoxy) is 1. The van der Waals surface area contributed by atoms with E-state index in [1.807, 2.05) is 36.1 Å². The van der Waals surface area contributed by atoms with Crippen LogP contribution in [0.25, 0.3) is 0 Å². The summed E-state index contributed by atoms with van der Waals surface area (Å²) >= 11 is 7.46. The van der Waals surface area contributed by atoms with Crippen LogP contribution in [0, 0.1) is 5.92 Å². The van der Waals surface area contributed by atoms with Crippen LogP contribution in [-0.4, -0.2) is 87.8 Å². The van der Waals surface area contributed by atoms with Crippen LogP contribution in [0.2, 0.25) is 5.15 Å². The lowest BCUT2D eigenvalue weighted by Gasteiger charge is -2.38. The summed E-state index contributed by atoms with van der Waals surface area (Å²) < 4.78 is 7.38. The highest BCUT2D eigenvalue weighted by Gasteiger charge is 2.41.